The minimum atomic E-state index is -0.0365. The van der Waals surface area contributed by atoms with Gasteiger partial charge in [-0.05, 0) is 31.9 Å². The highest BCUT2D eigenvalue weighted by Gasteiger charge is 2.21. The molecule has 6 heteroatoms. The zero-order chi connectivity index (χ0) is 15.8. The number of aromatic amines is 1. The molecular weight excluding hydrogens is 290 g/mol. The number of anilines is 2. The van der Waals surface area contributed by atoms with E-state index in [2.05, 4.69) is 20.3 Å². The van der Waals surface area contributed by atoms with Crippen molar-refractivity contribution in [1.29, 1.82) is 0 Å². The van der Waals surface area contributed by atoms with Crippen LogP contribution in [0.1, 0.15) is 37.4 Å². The van der Waals surface area contributed by atoms with Crippen LogP contribution < -0.4 is 11.0 Å². The van der Waals surface area contributed by atoms with E-state index in [1.807, 2.05) is 29.7 Å². The van der Waals surface area contributed by atoms with Crippen molar-refractivity contribution >= 4 is 22.5 Å². The van der Waals surface area contributed by atoms with Gasteiger partial charge in [-0.3, -0.25) is 9.55 Å². The number of hydrogen-bond donors (Lipinski definition) is 2. The number of fused-ring (bicyclic) bond motifs is 1. The summed E-state index contributed by atoms with van der Waals surface area (Å²) in [6.07, 6.45) is 8.01. The van der Waals surface area contributed by atoms with Crippen LogP contribution in [0.15, 0.2) is 35.4 Å². The zero-order valence-electron chi connectivity index (χ0n) is 13.0. The molecule has 0 unspecified atom stereocenters. The molecule has 1 saturated carbocycles. The van der Waals surface area contributed by atoms with Crippen molar-refractivity contribution in [1.82, 2.24) is 19.5 Å². The van der Waals surface area contributed by atoms with Gasteiger partial charge in [-0.25, -0.2) is 9.78 Å². The lowest BCUT2D eigenvalue weighted by atomic mass is 10.2. The maximum atomic E-state index is 12.3. The van der Waals surface area contributed by atoms with Crippen molar-refractivity contribution in [3.8, 4) is 0 Å². The van der Waals surface area contributed by atoms with Gasteiger partial charge in [0.25, 0.3) is 0 Å². The number of imidazole rings is 1. The normalized spacial score (nSPS) is 15.3. The van der Waals surface area contributed by atoms with Crippen molar-refractivity contribution in [2.45, 2.75) is 38.6 Å². The van der Waals surface area contributed by atoms with Crippen LogP contribution in [-0.2, 0) is 0 Å². The third-order valence-electron chi connectivity index (χ3n) is 4.46. The number of aromatic nitrogens is 4. The first-order chi connectivity index (χ1) is 11.2. The summed E-state index contributed by atoms with van der Waals surface area (Å²) >= 11 is 0. The highest BCUT2D eigenvalue weighted by molar-refractivity contribution is 5.78. The molecule has 1 aliphatic rings. The molecule has 3 aromatic rings. The minimum Gasteiger partial charge on any atom is -0.340 e. The van der Waals surface area contributed by atoms with E-state index in [1.165, 1.54) is 12.8 Å². The summed E-state index contributed by atoms with van der Waals surface area (Å²) in [6.45, 7) is 1.95. The topological polar surface area (TPSA) is 75.6 Å². The second kappa shape index (κ2) is 5.53. The van der Waals surface area contributed by atoms with E-state index in [0.717, 1.165) is 41.1 Å². The first kappa shape index (κ1) is 14.0. The number of hydrogen-bond acceptors (Lipinski definition) is 4. The smallest absolute Gasteiger partial charge is 0.326 e. The van der Waals surface area contributed by atoms with E-state index in [0.29, 0.717) is 6.04 Å². The summed E-state index contributed by atoms with van der Waals surface area (Å²) in [4.78, 5) is 23.8. The first-order valence-corrected chi connectivity index (χ1v) is 8.01. The number of nitrogens with one attached hydrogen (secondary N) is 2. The van der Waals surface area contributed by atoms with Gasteiger partial charge >= 0.3 is 5.69 Å². The van der Waals surface area contributed by atoms with E-state index in [9.17, 15) is 4.79 Å². The molecule has 2 N–H and O–H groups in total. The largest absolute Gasteiger partial charge is 0.340 e. The van der Waals surface area contributed by atoms with Gasteiger partial charge in [0.05, 0.1) is 17.2 Å². The molecule has 0 spiro atoms. The molecule has 6 nitrogen and oxygen atoms in total. The fourth-order valence-electron chi connectivity index (χ4n) is 3.39. The summed E-state index contributed by atoms with van der Waals surface area (Å²) in [6, 6.07) is 6.11. The van der Waals surface area contributed by atoms with Gasteiger partial charge in [0.1, 0.15) is 5.82 Å². The monoisotopic (exact) mass is 309 g/mol. The van der Waals surface area contributed by atoms with Crippen LogP contribution in [0.25, 0.3) is 11.0 Å². The van der Waals surface area contributed by atoms with Crippen molar-refractivity contribution in [3.05, 3.63) is 46.8 Å². The lowest BCUT2D eigenvalue weighted by Gasteiger charge is -2.12. The Balaban J connectivity index is 1.74. The van der Waals surface area contributed by atoms with Gasteiger partial charge in [0, 0.05) is 29.7 Å². The maximum absolute atomic E-state index is 12.3. The number of rotatable bonds is 3. The van der Waals surface area contributed by atoms with Crippen LogP contribution in [0.3, 0.4) is 0 Å². The van der Waals surface area contributed by atoms with Gasteiger partial charge in [0.2, 0.25) is 0 Å². The lowest BCUT2D eigenvalue weighted by molar-refractivity contribution is 0.518. The molecule has 0 aromatic carbocycles. The Hall–Kier alpha value is -2.63. The van der Waals surface area contributed by atoms with E-state index in [1.54, 1.807) is 12.4 Å². The lowest BCUT2D eigenvalue weighted by Crippen LogP contribution is -2.20. The quantitative estimate of drug-likeness (QED) is 0.778. The predicted molar refractivity (Wildman–Crippen MR) is 90.1 cm³/mol. The highest BCUT2D eigenvalue weighted by Crippen LogP contribution is 2.31. The molecule has 118 valence electrons. The predicted octanol–water partition coefficient (Wildman–Crippen LogP) is 3.29. The molecule has 4 rings (SSSR count). The van der Waals surface area contributed by atoms with Crippen molar-refractivity contribution in [3.63, 3.8) is 0 Å². The fourth-order valence-corrected chi connectivity index (χ4v) is 3.39. The molecule has 0 amide bonds. The van der Waals surface area contributed by atoms with Crippen LogP contribution in [-0.4, -0.2) is 19.5 Å². The molecule has 23 heavy (non-hydrogen) atoms. The van der Waals surface area contributed by atoms with E-state index in [-0.39, 0.29) is 5.69 Å². The summed E-state index contributed by atoms with van der Waals surface area (Å²) < 4.78 is 1.90. The Morgan fingerprint density at radius 1 is 1.26 bits per heavy atom. The number of H-pyrrole nitrogens is 1. The molecule has 0 saturated heterocycles. The molecule has 0 radical (unpaired) electrons. The SMILES string of the molecule is Cc1cc(Nc2cc3c(cn2)[nH]c(=O)n3C2CCCC2)ccn1. The minimum absolute atomic E-state index is 0.0365. The Kier molecular flexibility index (Phi) is 3.37. The summed E-state index contributed by atoms with van der Waals surface area (Å²) in [5, 5.41) is 3.28. The number of nitrogens with zero attached hydrogens (tertiary/aromatic N) is 3. The number of pyridine rings is 2. The Morgan fingerprint density at radius 2 is 2.09 bits per heavy atom. The Morgan fingerprint density at radius 3 is 2.87 bits per heavy atom. The molecule has 1 fully saturated rings. The van der Waals surface area contributed by atoms with Gasteiger partial charge in [0.15, 0.2) is 0 Å². The second-order valence-corrected chi connectivity index (χ2v) is 6.14. The standard InChI is InChI=1S/C17H19N5O/c1-11-8-12(6-7-18-11)20-16-9-15-14(10-19-16)21-17(23)22(15)13-4-2-3-5-13/h6-10,13H,2-5H2,1H3,(H,21,23)(H,18,19,20). The van der Waals surface area contributed by atoms with Crippen LogP contribution in [0.4, 0.5) is 11.5 Å². The molecular formula is C17H19N5O. The zero-order valence-corrected chi connectivity index (χ0v) is 13.0. The van der Waals surface area contributed by atoms with Gasteiger partial charge in [-0.1, -0.05) is 12.8 Å². The highest BCUT2D eigenvalue weighted by atomic mass is 16.1. The van der Waals surface area contributed by atoms with Crippen LogP contribution in [0.5, 0.6) is 0 Å². The maximum Gasteiger partial charge on any atom is 0.326 e. The third kappa shape index (κ3) is 2.60. The van der Waals surface area contributed by atoms with Gasteiger partial charge < -0.3 is 10.3 Å². The van der Waals surface area contributed by atoms with E-state index in [4.69, 9.17) is 0 Å². The van der Waals surface area contributed by atoms with E-state index >= 15 is 0 Å². The third-order valence-corrected chi connectivity index (χ3v) is 4.46. The van der Waals surface area contributed by atoms with Crippen LogP contribution >= 0.6 is 0 Å². The fraction of sp³-hybridized carbons (Fsp3) is 0.353. The molecule has 1 aliphatic carbocycles. The molecule has 3 aromatic heterocycles. The van der Waals surface area contributed by atoms with Crippen LogP contribution in [0.2, 0.25) is 0 Å². The molecule has 0 aliphatic heterocycles. The van der Waals surface area contributed by atoms with Crippen LogP contribution in [0, 0.1) is 6.92 Å². The summed E-state index contributed by atoms with van der Waals surface area (Å²) in [5.41, 5.74) is 3.56. The number of aryl methyl sites for hydroxylation is 1. The van der Waals surface area contributed by atoms with Crippen molar-refractivity contribution < 1.29 is 0 Å². The first-order valence-electron chi connectivity index (χ1n) is 8.01. The summed E-state index contributed by atoms with van der Waals surface area (Å²) in [5.74, 6) is 0.730. The average molecular weight is 309 g/mol. The van der Waals surface area contributed by atoms with Crippen molar-refractivity contribution in [2.75, 3.05) is 5.32 Å². The Bertz CT molecular complexity index is 905. The van der Waals surface area contributed by atoms with Gasteiger partial charge in [-0.2, -0.15) is 0 Å². The molecule has 0 bridgehead atoms. The second-order valence-electron chi connectivity index (χ2n) is 6.14. The average Bonchev–Trinajstić information content (AvgIpc) is 3.13. The van der Waals surface area contributed by atoms with E-state index < -0.39 is 0 Å². The summed E-state index contributed by atoms with van der Waals surface area (Å²) in [7, 11) is 0. The Labute approximate surface area is 133 Å². The van der Waals surface area contributed by atoms with Gasteiger partial charge in [-0.15, -0.1) is 0 Å². The molecule has 3 heterocycles. The van der Waals surface area contributed by atoms with Crippen molar-refractivity contribution in [2.24, 2.45) is 0 Å². The molecule has 0 atom stereocenters.